The van der Waals surface area contributed by atoms with E-state index in [1.807, 2.05) is 36.4 Å². The number of hydrogen-bond acceptors (Lipinski definition) is 5. The van der Waals surface area contributed by atoms with Crippen LogP contribution in [-0.4, -0.2) is 11.9 Å². The molecule has 0 saturated heterocycles. The maximum Gasteiger partial charge on any atom is 0.345 e. The Bertz CT molecular complexity index is 805. The molecule has 0 atom stereocenters. The molecule has 0 aliphatic rings. The fraction of sp³-hybridized carbons (Fsp3) is 0.100. The normalized spacial score (nSPS) is 10.0. The van der Waals surface area contributed by atoms with E-state index >= 15 is 0 Å². The van der Waals surface area contributed by atoms with Gasteiger partial charge in [0.15, 0.2) is 0 Å². The first-order chi connectivity index (χ1) is 11.9. The van der Waals surface area contributed by atoms with Gasteiger partial charge in [-0.2, -0.15) is 0 Å². The van der Waals surface area contributed by atoms with Crippen LogP contribution in [0.15, 0.2) is 77.7 Å². The lowest BCUT2D eigenvalue weighted by Gasteiger charge is -2.07. The average molecular weight is 354 g/mol. The van der Waals surface area contributed by atoms with Gasteiger partial charge in [-0.05, 0) is 49.2 Å². The van der Waals surface area contributed by atoms with Crippen LogP contribution < -0.4 is 4.74 Å². The molecule has 0 radical (unpaired) electrons. The zero-order chi connectivity index (χ0) is 18.4. The Morgan fingerprint density at radius 2 is 1.28 bits per heavy atom. The first-order valence-electron chi connectivity index (χ1n) is 7.49. The highest BCUT2D eigenvalue weighted by Crippen LogP contribution is 2.26. The van der Waals surface area contributed by atoms with Gasteiger partial charge < -0.3 is 8.92 Å². The third-order valence-electron chi connectivity index (χ3n) is 3.16. The molecule has 2 aromatic carbocycles. The highest BCUT2D eigenvalue weighted by Gasteiger charge is 2.07. The quantitative estimate of drug-likeness (QED) is 0.317. The van der Waals surface area contributed by atoms with Crippen molar-refractivity contribution in [2.75, 3.05) is 0 Å². The second-order valence-electron chi connectivity index (χ2n) is 5.45. The third kappa shape index (κ3) is 5.36. The minimum atomic E-state index is -0.446. The second-order valence-corrected chi connectivity index (χ2v) is 6.26. The molecule has 2 aromatic rings. The monoisotopic (exact) mass is 354 g/mol. The summed E-state index contributed by atoms with van der Waals surface area (Å²) in [6, 6.07) is 14.8. The summed E-state index contributed by atoms with van der Waals surface area (Å²) in [4.78, 5) is 23.7. The lowest BCUT2D eigenvalue weighted by molar-refractivity contribution is -0.130. The van der Waals surface area contributed by atoms with Gasteiger partial charge in [0.25, 0.3) is 0 Å². The van der Waals surface area contributed by atoms with Crippen LogP contribution in [0.2, 0.25) is 0 Å². The van der Waals surface area contributed by atoms with Crippen molar-refractivity contribution in [2.24, 2.45) is 0 Å². The summed E-state index contributed by atoms with van der Waals surface area (Å²) in [6.07, 6.45) is 0. The molecule has 2 rings (SSSR count). The predicted octanol–water partition coefficient (Wildman–Crippen LogP) is 4.96. The van der Waals surface area contributed by atoms with Crippen LogP contribution in [0.5, 0.6) is 5.75 Å². The van der Waals surface area contributed by atoms with Crippen molar-refractivity contribution in [3.8, 4) is 16.9 Å². The fourth-order valence-electron chi connectivity index (χ4n) is 1.77. The molecule has 0 bridgehead atoms. The standard InChI is InChI=1S/C20H18O4S/c1-13(2)19(21)23-17-9-5-15(6-10-17)16-7-11-18(12-8-16)25-24-20(22)14(3)4/h5-12H,1,3H2,2,4H3. The second kappa shape index (κ2) is 8.35. The van der Waals surface area contributed by atoms with Crippen LogP contribution in [0.25, 0.3) is 11.1 Å². The minimum absolute atomic E-state index is 0.351. The number of ether oxygens (including phenoxy) is 1. The van der Waals surface area contributed by atoms with E-state index in [-0.39, 0.29) is 0 Å². The molecule has 128 valence electrons. The zero-order valence-corrected chi connectivity index (χ0v) is 14.9. The Morgan fingerprint density at radius 3 is 1.76 bits per heavy atom. The largest absolute Gasteiger partial charge is 0.423 e. The molecule has 0 amide bonds. The van der Waals surface area contributed by atoms with Crippen molar-refractivity contribution >= 4 is 24.0 Å². The fourth-order valence-corrected chi connectivity index (χ4v) is 2.33. The van der Waals surface area contributed by atoms with Gasteiger partial charge in [-0.1, -0.05) is 37.4 Å². The van der Waals surface area contributed by atoms with Gasteiger partial charge in [-0.3, -0.25) is 0 Å². The molecule has 5 heteroatoms. The SMILES string of the molecule is C=C(C)C(=O)OSc1ccc(-c2ccc(OC(=O)C(=C)C)cc2)cc1. The number of esters is 1. The molecule has 0 aliphatic carbocycles. The van der Waals surface area contributed by atoms with E-state index in [2.05, 4.69) is 13.2 Å². The van der Waals surface area contributed by atoms with E-state index in [0.717, 1.165) is 28.1 Å². The van der Waals surface area contributed by atoms with E-state index in [9.17, 15) is 9.59 Å². The third-order valence-corrected chi connectivity index (χ3v) is 3.86. The van der Waals surface area contributed by atoms with Crippen LogP contribution in [0.4, 0.5) is 0 Å². The van der Waals surface area contributed by atoms with Crippen LogP contribution in [0.1, 0.15) is 13.8 Å². The molecule has 0 fully saturated rings. The number of rotatable bonds is 6. The van der Waals surface area contributed by atoms with Crippen molar-refractivity contribution in [2.45, 2.75) is 18.7 Å². The topological polar surface area (TPSA) is 52.6 Å². The van der Waals surface area contributed by atoms with E-state index < -0.39 is 11.9 Å². The van der Waals surface area contributed by atoms with E-state index in [0.29, 0.717) is 16.9 Å². The molecular weight excluding hydrogens is 336 g/mol. The van der Waals surface area contributed by atoms with Crippen LogP contribution in [-0.2, 0) is 13.8 Å². The van der Waals surface area contributed by atoms with Gasteiger partial charge in [-0.15, -0.1) is 0 Å². The molecule has 0 spiro atoms. The lowest BCUT2D eigenvalue weighted by Crippen LogP contribution is -2.07. The zero-order valence-electron chi connectivity index (χ0n) is 14.1. The number of hydrogen-bond donors (Lipinski definition) is 0. The van der Waals surface area contributed by atoms with E-state index in [1.165, 1.54) is 0 Å². The Hall–Kier alpha value is -2.79. The van der Waals surface area contributed by atoms with Crippen molar-refractivity contribution in [1.82, 2.24) is 0 Å². The van der Waals surface area contributed by atoms with Gasteiger partial charge in [0.1, 0.15) is 5.75 Å². The van der Waals surface area contributed by atoms with Crippen molar-refractivity contribution in [3.05, 3.63) is 72.8 Å². The number of carbonyl (C=O) groups excluding carboxylic acids is 2. The molecule has 4 nitrogen and oxygen atoms in total. The average Bonchev–Trinajstić information content (AvgIpc) is 2.60. The van der Waals surface area contributed by atoms with Crippen molar-refractivity contribution < 1.29 is 18.5 Å². The lowest BCUT2D eigenvalue weighted by atomic mass is 10.1. The molecule has 25 heavy (non-hydrogen) atoms. The number of benzene rings is 2. The molecule has 0 aliphatic heterocycles. The summed E-state index contributed by atoms with van der Waals surface area (Å²) in [5.41, 5.74) is 2.68. The van der Waals surface area contributed by atoms with Crippen LogP contribution in [0, 0.1) is 0 Å². The summed E-state index contributed by atoms with van der Waals surface area (Å²) in [5, 5.41) is 0. The molecule has 0 unspecified atom stereocenters. The molecule has 0 N–H and O–H groups in total. The summed E-state index contributed by atoms with van der Waals surface area (Å²) in [7, 11) is 0. The maximum absolute atomic E-state index is 11.5. The Kier molecular flexibility index (Phi) is 6.19. The van der Waals surface area contributed by atoms with Crippen LogP contribution >= 0.6 is 12.0 Å². The van der Waals surface area contributed by atoms with E-state index in [4.69, 9.17) is 8.92 Å². The summed E-state index contributed by atoms with van der Waals surface area (Å²) < 4.78 is 10.2. The summed E-state index contributed by atoms with van der Waals surface area (Å²) >= 11 is 0.997. The highest BCUT2D eigenvalue weighted by molar-refractivity contribution is 7.95. The first-order valence-corrected chi connectivity index (χ1v) is 8.23. The number of carbonyl (C=O) groups is 2. The first kappa shape index (κ1) is 18.5. The summed E-state index contributed by atoms with van der Waals surface area (Å²) in [5.74, 6) is -0.414. The van der Waals surface area contributed by atoms with Gasteiger partial charge in [-0.25, -0.2) is 9.59 Å². The molecule has 0 saturated carbocycles. The van der Waals surface area contributed by atoms with Gasteiger partial charge in [0, 0.05) is 16.0 Å². The van der Waals surface area contributed by atoms with Gasteiger partial charge in [0.05, 0.1) is 12.0 Å². The smallest absolute Gasteiger partial charge is 0.345 e. The summed E-state index contributed by atoms with van der Waals surface area (Å²) in [6.45, 7) is 10.3. The van der Waals surface area contributed by atoms with E-state index in [1.54, 1.807) is 26.0 Å². The van der Waals surface area contributed by atoms with Gasteiger partial charge in [0.2, 0.25) is 0 Å². The molecule has 0 aromatic heterocycles. The molecular formula is C20H18O4S. The highest BCUT2D eigenvalue weighted by atomic mass is 32.2. The Morgan fingerprint density at radius 1 is 0.800 bits per heavy atom. The van der Waals surface area contributed by atoms with Crippen LogP contribution in [0.3, 0.4) is 0 Å². The Balaban J connectivity index is 2.02. The Labute approximate surface area is 151 Å². The van der Waals surface area contributed by atoms with Crippen molar-refractivity contribution in [3.63, 3.8) is 0 Å². The maximum atomic E-state index is 11.5. The minimum Gasteiger partial charge on any atom is -0.423 e. The molecule has 0 heterocycles. The predicted molar refractivity (Wildman–Crippen MR) is 99.1 cm³/mol. The van der Waals surface area contributed by atoms with Crippen molar-refractivity contribution in [1.29, 1.82) is 0 Å². The van der Waals surface area contributed by atoms with Gasteiger partial charge >= 0.3 is 11.9 Å².